The Bertz CT molecular complexity index is 647. The molecule has 3 rings (SSSR count). The van der Waals surface area contributed by atoms with Crippen LogP contribution in [0.3, 0.4) is 0 Å². The van der Waals surface area contributed by atoms with Gasteiger partial charge in [0.1, 0.15) is 6.61 Å². The first-order valence-corrected chi connectivity index (χ1v) is 9.77. The highest BCUT2D eigenvalue weighted by Gasteiger charge is 2.50. The molecule has 6 heteroatoms. The zero-order valence-corrected chi connectivity index (χ0v) is 16.0. The fourth-order valence-corrected chi connectivity index (χ4v) is 4.40. The molecule has 0 spiro atoms. The second-order valence-electron chi connectivity index (χ2n) is 8.09. The number of nitrogens with zero attached hydrogens (tertiary/aromatic N) is 1. The van der Waals surface area contributed by atoms with Crippen LogP contribution in [0, 0.1) is 17.8 Å². The van der Waals surface area contributed by atoms with Gasteiger partial charge in [0.15, 0.2) is 6.04 Å². The summed E-state index contributed by atoms with van der Waals surface area (Å²) in [5, 5.41) is 9.73. The van der Waals surface area contributed by atoms with E-state index in [-0.39, 0.29) is 12.5 Å². The summed E-state index contributed by atoms with van der Waals surface area (Å²) in [6.07, 6.45) is 1.92. The van der Waals surface area contributed by atoms with Crippen LogP contribution in [0.2, 0.25) is 0 Å². The number of amides is 1. The van der Waals surface area contributed by atoms with Crippen LogP contribution in [0.1, 0.15) is 38.7 Å². The van der Waals surface area contributed by atoms with E-state index >= 15 is 0 Å². The summed E-state index contributed by atoms with van der Waals surface area (Å²) in [5.41, 5.74) is 0.874. The zero-order valence-electron chi connectivity index (χ0n) is 16.0. The topological polar surface area (TPSA) is 76.1 Å². The number of fused-ring (bicyclic) bond motifs is 1. The second kappa shape index (κ2) is 8.74. The Hall–Kier alpha value is -2.08. The van der Waals surface area contributed by atoms with E-state index < -0.39 is 24.2 Å². The predicted octanol–water partition coefficient (Wildman–Crippen LogP) is 3.55. The van der Waals surface area contributed by atoms with Crippen LogP contribution in [0.25, 0.3) is 0 Å². The molecule has 2 saturated heterocycles. The van der Waals surface area contributed by atoms with Gasteiger partial charge in [0.2, 0.25) is 0 Å². The number of carbonyl (C=O) groups is 2. The maximum Gasteiger partial charge on any atom is 0.410 e. The summed E-state index contributed by atoms with van der Waals surface area (Å²) < 4.78 is 11.3. The molecule has 148 valence electrons. The molecular formula is C21H29NO5. The smallest absolute Gasteiger partial charge is 0.410 e. The third-order valence-corrected chi connectivity index (χ3v) is 5.51. The van der Waals surface area contributed by atoms with Crippen LogP contribution in [0.4, 0.5) is 4.79 Å². The molecule has 1 aromatic rings. The Morgan fingerprint density at radius 1 is 1.30 bits per heavy atom. The maximum atomic E-state index is 12.6. The summed E-state index contributed by atoms with van der Waals surface area (Å²) in [7, 11) is 0. The fourth-order valence-electron chi connectivity index (χ4n) is 4.40. The molecule has 0 saturated carbocycles. The van der Waals surface area contributed by atoms with Crippen molar-refractivity contribution in [2.75, 3.05) is 13.2 Å². The Labute approximate surface area is 160 Å². The van der Waals surface area contributed by atoms with E-state index in [1.807, 2.05) is 30.3 Å². The summed E-state index contributed by atoms with van der Waals surface area (Å²) in [5.74, 6) is 0.119. The number of ether oxygens (including phenoxy) is 2. The molecule has 27 heavy (non-hydrogen) atoms. The SMILES string of the molecule is CC(C)C[C@@H]1CCO[C@H]2C(C(=O)O)N(C(=O)OCc3ccccc3)C[C@@H]2C1. The molecule has 6 nitrogen and oxygen atoms in total. The molecule has 2 aliphatic rings. The largest absolute Gasteiger partial charge is 0.480 e. The van der Waals surface area contributed by atoms with E-state index in [4.69, 9.17) is 9.47 Å². The van der Waals surface area contributed by atoms with Crippen LogP contribution >= 0.6 is 0 Å². The van der Waals surface area contributed by atoms with E-state index in [9.17, 15) is 14.7 Å². The van der Waals surface area contributed by atoms with Crippen LogP contribution in [-0.2, 0) is 20.9 Å². The van der Waals surface area contributed by atoms with Gasteiger partial charge in [-0.05, 0) is 36.7 Å². The van der Waals surface area contributed by atoms with Gasteiger partial charge in [0, 0.05) is 19.1 Å². The number of hydrogen-bond donors (Lipinski definition) is 1. The van der Waals surface area contributed by atoms with Crippen molar-refractivity contribution < 1.29 is 24.2 Å². The molecule has 2 fully saturated rings. The maximum absolute atomic E-state index is 12.6. The van der Waals surface area contributed by atoms with Crippen molar-refractivity contribution in [2.45, 2.75) is 51.9 Å². The van der Waals surface area contributed by atoms with Gasteiger partial charge in [-0.25, -0.2) is 9.59 Å². The van der Waals surface area contributed by atoms with Gasteiger partial charge in [-0.2, -0.15) is 0 Å². The molecule has 0 radical (unpaired) electrons. The lowest BCUT2D eigenvalue weighted by molar-refractivity contribution is -0.146. The third-order valence-electron chi connectivity index (χ3n) is 5.51. The van der Waals surface area contributed by atoms with Gasteiger partial charge in [-0.3, -0.25) is 4.90 Å². The number of carboxylic acids is 1. The van der Waals surface area contributed by atoms with Crippen LogP contribution in [0.15, 0.2) is 30.3 Å². The van der Waals surface area contributed by atoms with Crippen LogP contribution < -0.4 is 0 Å². The number of rotatable bonds is 5. The highest BCUT2D eigenvalue weighted by atomic mass is 16.6. The first-order valence-electron chi connectivity index (χ1n) is 9.77. The summed E-state index contributed by atoms with van der Waals surface area (Å²) in [6, 6.07) is 8.41. The van der Waals surface area contributed by atoms with E-state index in [0.717, 1.165) is 24.8 Å². The Morgan fingerprint density at radius 2 is 2.04 bits per heavy atom. The lowest BCUT2D eigenvalue weighted by atomic mass is 9.85. The highest BCUT2D eigenvalue weighted by molar-refractivity contribution is 5.81. The van der Waals surface area contributed by atoms with Gasteiger partial charge >= 0.3 is 12.1 Å². The second-order valence-corrected chi connectivity index (χ2v) is 8.09. The van der Waals surface area contributed by atoms with Crippen molar-refractivity contribution in [1.82, 2.24) is 4.90 Å². The minimum Gasteiger partial charge on any atom is -0.480 e. The number of carbonyl (C=O) groups excluding carboxylic acids is 1. The van der Waals surface area contributed by atoms with E-state index in [2.05, 4.69) is 13.8 Å². The Kier molecular flexibility index (Phi) is 6.37. The van der Waals surface area contributed by atoms with E-state index in [0.29, 0.717) is 25.0 Å². The van der Waals surface area contributed by atoms with E-state index in [1.165, 1.54) is 4.90 Å². The normalized spacial score (nSPS) is 27.9. The molecule has 2 aliphatic heterocycles. The first-order chi connectivity index (χ1) is 13.0. The Balaban J connectivity index is 1.68. The fraction of sp³-hybridized carbons (Fsp3) is 0.619. The van der Waals surface area contributed by atoms with Crippen molar-refractivity contribution in [3.63, 3.8) is 0 Å². The number of hydrogen-bond acceptors (Lipinski definition) is 4. The average molecular weight is 375 g/mol. The Morgan fingerprint density at radius 3 is 2.70 bits per heavy atom. The van der Waals surface area contributed by atoms with Crippen molar-refractivity contribution in [3.05, 3.63) is 35.9 Å². The van der Waals surface area contributed by atoms with Crippen LogP contribution in [0.5, 0.6) is 0 Å². The lowest BCUT2D eigenvalue weighted by Gasteiger charge is -2.24. The van der Waals surface area contributed by atoms with Crippen molar-refractivity contribution in [1.29, 1.82) is 0 Å². The molecule has 4 atom stereocenters. The van der Waals surface area contributed by atoms with Gasteiger partial charge < -0.3 is 14.6 Å². The van der Waals surface area contributed by atoms with Gasteiger partial charge in [0.25, 0.3) is 0 Å². The van der Waals surface area contributed by atoms with Gasteiger partial charge in [-0.1, -0.05) is 44.2 Å². The van der Waals surface area contributed by atoms with Crippen LogP contribution in [-0.4, -0.2) is 47.4 Å². The van der Waals surface area contributed by atoms with Crippen molar-refractivity contribution >= 4 is 12.1 Å². The molecule has 0 aliphatic carbocycles. The van der Waals surface area contributed by atoms with Crippen molar-refractivity contribution in [2.24, 2.45) is 17.8 Å². The standard InChI is InChI=1S/C21H29NO5/c1-14(2)10-16-8-9-26-19-17(11-16)12-22(18(19)20(23)24)21(25)27-13-15-6-4-3-5-7-15/h3-7,14,16-19H,8-13H2,1-2H3,(H,23,24)/t16-,17-,18?,19+/m0/s1. The molecule has 0 aromatic heterocycles. The minimum absolute atomic E-state index is 0.0432. The van der Waals surface area contributed by atoms with Gasteiger partial charge in [-0.15, -0.1) is 0 Å². The minimum atomic E-state index is -1.03. The van der Waals surface area contributed by atoms with Crippen molar-refractivity contribution in [3.8, 4) is 0 Å². The molecule has 1 aromatic carbocycles. The molecular weight excluding hydrogens is 346 g/mol. The summed E-state index contributed by atoms with van der Waals surface area (Å²) in [4.78, 5) is 25.8. The number of likely N-dealkylation sites (tertiary alicyclic amines) is 1. The number of carboxylic acid groups (broad SMARTS) is 1. The lowest BCUT2D eigenvalue weighted by Crippen LogP contribution is -2.46. The number of aliphatic carboxylic acids is 1. The molecule has 1 N–H and O–H groups in total. The summed E-state index contributed by atoms with van der Waals surface area (Å²) in [6.45, 7) is 5.46. The van der Waals surface area contributed by atoms with E-state index in [1.54, 1.807) is 0 Å². The first kappa shape index (κ1) is 19.7. The summed E-state index contributed by atoms with van der Waals surface area (Å²) >= 11 is 0. The molecule has 2 heterocycles. The number of benzene rings is 1. The average Bonchev–Trinajstić information content (AvgIpc) is 2.88. The third kappa shape index (κ3) is 4.80. The van der Waals surface area contributed by atoms with Gasteiger partial charge in [0.05, 0.1) is 6.10 Å². The highest BCUT2D eigenvalue weighted by Crippen LogP contribution is 2.37. The molecule has 0 bridgehead atoms. The molecule has 1 unspecified atom stereocenters. The predicted molar refractivity (Wildman–Crippen MR) is 100 cm³/mol. The molecule has 1 amide bonds. The quantitative estimate of drug-likeness (QED) is 0.852. The monoisotopic (exact) mass is 375 g/mol. The zero-order chi connectivity index (χ0) is 19.4.